The Labute approximate surface area is 145 Å². The Morgan fingerprint density at radius 3 is 2.40 bits per heavy atom. The van der Waals surface area contributed by atoms with Crippen LogP contribution in [0.1, 0.15) is 40.9 Å². The zero-order chi connectivity index (χ0) is 17.6. The van der Waals surface area contributed by atoms with Crippen molar-refractivity contribution in [3.63, 3.8) is 0 Å². The van der Waals surface area contributed by atoms with Gasteiger partial charge in [-0.1, -0.05) is 30.7 Å². The van der Waals surface area contributed by atoms with E-state index < -0.39 is 16.7 Å². The lowest BCUT2D eigenvalue weighted by Crippen LogP contribution is -2.29. The van der Waals surface area contributed by atoms with Gasteiger partial charge in [-0.15, -0.1) is 0 Å². The highest BCUT2D eigenvalue weighted by Gasteiger charge is 2.17. The van der Waals surface area contributed by atoms with Crippen molar-refractivity contribution >= 4 is 11.8 Å². The fourth-order valence-corrected chi connectivity index (χ4v) is 2.96. The number of amides is 1. The molecule has 1 N–H and O–H groups in total. The van der Waals surface area contributed by atoms with Gasteiger partial charge >= 0.3 is 5.88 Å². The molecule has 0 unspecified atom stereocenters. The second-order valence-electron chi connectivity index (χ2n) is 6.23. The third kappa shape index (κ3) is 4.67. The Kier molecular flexibility index (Phi) is 5.45. The van der Waals surface area contributed by atoms with Crippen LogP contribution >= 0.6 is 0 Å². The number of hydrogen-bond acceptors (Lipinski definition) is 5. The fourth-order valence-electron chi connectivity index (χ4n) is 2.96. The molecule has 3 rings (SSSR count). The first kappa shape index (κ1) is 17.2. The summed E-state index contributed by atoms with van der Waals surface area (Å²) in [7, 11) is 0. The molecule has 7 heteroatoms. The molecule has 0 bridgehead atoms. The summed E-state index contributed by atoms with van der Waals surface area (Å²) in [5, 5.41) is 13.3. The molecule has 0 aliphatic carbocycles. The normalized spacial score (nSPS) is 15.0. The van der Waals surface area contributed by atoms with Crippen molar-refractivity contribution < 1.29 is 14.1 Å². The highest BCUT2D eigenvalue weighted by molar-refractivity contribution is 5.91. The number of likely N-dealkylation sites (tertiary alicyclic amines) is 1. The molecule has 2 aromatic rings. The molecule has 0 saturated carbocycles. The van der Waals surface area contributed by atoms with Crippen molar-refractivity contribution in [2.24, 2.45) is 0 Å². The average molecular weight is 343 g/mol. The molecule has 1 aliphatic heterocycles. The molecule has 1 saturated heterocycles. The molecule has 1 amide bonds. The summed E-state index contributed by atoms with van der Waals surface area (Å²) >= 11 is 0. The number of benzene rings is 1. The topological polar surface area (TPSA) is 88.6 Å². The summed E-state index contributed by atoms with van der Waals surface area (Å²) in [5.74, 6) is -0.967. The third-order valence-corrected chi connectivity index (χ3v) is 4.33. The van der Waals surface area contributed by atoms with Crippen molar-refractivity contribution in [3.8, 4) is 0 Å². The minimum absolute atomic E-state index is 0.0616. The van der Waals surface area contributed by atoms with E-state index in [9.17, 15) is 14.9 Å². The predicted octanol–water partition coefficient (Wildman–Crippen LogP) is 3.10. The van der Waals surface area contributed by atoms with Gasteiger partial charge in [0.05, 0.1) is 6.07 Å². The van der Waals surface area contributed by atoms with Crippen molar-refractivity contribution in [1.29, 1.82) is 0 Å². The smallest absolute Gasteiger partial charge is 0.395 e. The first-order chi connectivity index (χ1) is 12.1. The van der Waals surface area contributed by atoms with Gasteiger partial charge in [-0.05, 0) is 43.1 Å². The Balaban J connectivity index is 1.50. The van der Waals surface area contributed by atoms with E-state index in [1.807, 2.05) is 12.1 Å². The SMILES string of the molecule is O=C(NCc1ccc(CN2CCCCC2)cc1)c1ccc([N+](=O)[O-])o1. The molecular formula is C18H21N3O4. The van der Waals surface area contributed by atoms with Crippen LogP contribution in [0.2, 0.25) is 0 Å². The van der Waals surface area contributed by atoms with Crippen LogP contribution in [0.4, 0.5) is 5.88 Å². The molecule has 0 spiro atoms. The first-order valence-electron chi connectivity index (χ1n) is 8.44. The Bertz CT molecular complexity index is 733. The molecule has 1 aromatic carbocycles. The van der Waals surface area contributed by atoms with Crippen LogP contribution in [0.15, 0.2) is 40.8 Å². The summed E-state index contributed by atoms with van der Waals surface area (Å²) in [6.07, 6.45) is 3.87. The van der Waals surface area contributed by atoms with Crippen LogP contribution in [-0.4, -0.2) is 28.8 Å². The Hall–Kier alpha value is -2.67. The van der Waals surface area contributed by atoms with Gasteiger partial charge in [-0.2, -0.15) is 0 Å². The van der Waals surface area contributed by atoms with Gasteiger partial charge < -0.3 is 9.73 Å². The second-order valence-corrected chi connectivity index (χ2v) is 6.23. The number of carbonyl (C=O) groups is 1. The largest absolute Gasteiger partial charge is 0.433 e. The number of nitrogens with zero attached hydrogens (tertiary/aromatic N) is 2. The molecule has 1 aliphatic rings. The van der Waals surface area contributed by atoms with E-state index in [0.29, 0.717) is 6.54 Å². The standard InChI is InChI=1S/C18H21N3O4/c22-18(16-8-9-17(25-16)21(23)24)19-12-14-4-6-15(7-5-14)13-20-10-2-1-3-11-20/h4-9H,1-3,10-13H2,(H,19,22). The Morgan fingerprint density at radius 2 is 1.76 bits per heavy atom. The summed E-state index contributed by atoms with van der Waals surface area (Å²) < 4.78 is 4.88. The van der Waals surface area contributed by atoms with Crippen molar-refractivity contribution in [2.75, 3.05) is 13.1 Å². The lowest BCUT2D eigenvalue weighted by atomic mass is 10.1. The molecule has 25 heavy (non-hydrogen) atoms. The highest BCUT2D eigenvalue weighted by Crippen LogP contribution is 2.16. The van der Waals surface area contributed by atoms with Crippen LogP contribution in [0, 0.1) is 10.1 Å². The fraction of sp³-hybridized carbons (Fsp3) is 0.389. The van der Waals surface area contributed by atoms with E-state index >= 15 is 0 Å². The monoisotopic (exact) mass is 343 g/mol. The zero-order valence-corrected chi connectivity index (χ0v) is 13.9. The lowest BCUT2D eigenvalue weighted by Gasteiger charge is -2.26. The van der Waals surface area contributed by atoms with Crippen LogP contribution in [0.25, 0.3) is 0 Å². The summed E-state index contributed by atoms with van der Waals surface area (Å²) in [6, 6.07) is 10.6. The second kappa shape index (κ2) is 7.94. The maximum Gasteiger partial charge on any atom is 0.433 e. The van der Waals surface area contributed by atoms with E-state index in [1.165, 1.54) is 37.0 Å². The van der Waals surface area contributed by atoms with E-state index in [2.05, 4.69) is 22.3 Å². The number of rotatable bonds is 6. The van der Waals surface area contributed by atoms with Gasteiger partial charge in [-0.25, -0.2) is 0 Å². The van der Waals surface area contributed by atoms with Crippen molar-refractivity contribution in [3.05, 3.63) is 63.4 Å². The van der Waals surface area contributed by atoms with E-state index in [1.54, 1.807) is 0 Å². The first-order valence-corrected chi connectivity index (χ1v) is 8.44. The number of carbonyl (C=O) groups excluding carboxylic acids is 1. The molecule has 0 radical (unpaired) electrons. The molecular weight excluding hydrogens is 322 g/mol. The van der Waals surface area contributed by atoms with E-state index in [4.69, 9.17) is 4.42 Å². The maximum atomic E-state index is 11.9. The van der Waals surface area contributed by atoms with E-state index in [-0.39, 0.29) is 5.76 Å². The molecule has 0 atom stereocenters. The van der Waals surface area contributed by atoms with Gasteiger partial charge in [0.2, 0.25) is 0 Å². The molecule has 1 fully saturated rings. The molecule has 132 valence electrons. The highest BCUT2D eigenvalue weighted by atomic mass is 16.6. The number of nitrogens with one attached hydrogen (secondary N) is 1. The minimum Gasteiger partial charge on any atom is -0.395 e. The molecule has 1 aromatic heterocycles. The van der Waals surface area contributed by atoms with E-state index in [0.717, 1.165) is 25.2 Å². The van der Waals surface area contributed by atoms with Crippen LogP contribution < -0.4 is 5.32 Å². The number of piperidine rings is 1. The maximum absolute atomic E-state index is 11.9. The number of nitro groups is 1. The van der Waals surface area contributed by atoms with Crippen LogP contribution in [0.3, 0.4) is 0 Å². The zero-order valence-electron chi connectivity index (χ0n) is 13.9. The number of hydrogen-bond donors (Lipinski definition) is 1. The Morgan fingerprint density at radius 1 is 1.08 bits per heavy atom. The predicted molar refractivity (Wildman–Crippen MR) is 92.1 cm³/mol. The number of furan rings is 1. The molecule has 2 heterocycles. The summed E-state index contributed by atoms with van der Waals surface area (Å²) in [5.41, 5.74) is 2.23. The van der Waals surface area contributed by atoms with Gasteiger partial charge in [0, 0.05) is 13.1 Å². The summed E-state index contributed by atoms with van der Waals surface area (Å²) in [6.45, 7) is 3.63. The van der Waals surface area contributed by atoms with Gasteiger partial charge in [-0.3, -0.25) is 19.8 Å². The van der Waals surface area contributed by atoms with Gasteiger partial charge in [0.1, 0.15) is 4.92 Å². The minimum atomic E-state index is -0.669. The third-order valence-electron chi connectivity index (χ3n) is 4.33. The van der Waals surface area contributed by atoms with Gasteiger partial charge in [0.25, 0.3) is 5.91 Å². The van der Waals surface area contributed by atoms with Crippen LogP contribution in [-0.2, 0) is 13.1 Å². The summed E-state index contributed by atoms with van der Waals surface area (Å²) in [4.78, 5) is 24.3. The van der Waals surface area contributed by atoms with Crippen LogP contribution in [0.5, 0.6) is 0 Å². The lowest BCUT2D eigenvalue weighted by molar-refractivity contribution is -0.402. The molecule has 7 nitrogen and oxygen atoms in total. The van der Waals surface area contributed by atoms with Gasteiger partial charge in [0.15, 0.2) is 5.76 Å². The van der Waals surface area contributed by atoms with Crippen molar-refractivity contribution in [2.45, 2.75) is 32.4 Å². The van der Waals surface area contributed by atoms with Crippen molar-refractivity contribution in [1.82, 2.24) is 10.2 Å². The average Bonchev–Trinajstić information content (AvgIpc) is 3.12. The quantitative estimate of drug-likeness (QED) is 0.643.